The number of likely N-dealkylation sites (tertiary alicyclic amines) is 1. The van der Waals surface area contributed by atoms with Crippen molar-refractivity contribution in [3.63, 3.8) is 0 Å². The minimum Gasteiger partial charge on any atom is -0.355 e. The van der Waals surface area contributed by atoms with E-state index in [0.717, 1.165) is 25.9 Å². The lowest BCUT2D eigenvalue weighted by Gasteiger charge is -2.24. The lowest BCUT2D eigenvalue weighted by molar-refractivity contribution is 0.0748. The largest absolute Gasteiger partial charge is 0.355 e. The summed E-state index contributed by atoms with van der Waals surface area (Å²) in [4.78, 5) is 26.3. The van der Waals surface area contributed by atoms with Gasteiger partial charge in [0.25, 0.3) is 11.8 Å². The highest BCUT2D eigenvalue weighted by Gasteiger charge is 2.31. The van der Waals surface area contributed by atoms with Crippen molar-refractivity contribution in [1.82, 2.24) is 15.5 Å². The standard InChI is InChI=1S/C16H21N3O2/c1-17-15(20)11-3-2-4-12(9-11)16(21)19-8-7-13-5-6-14(10-19)18-13/h2-4,9,13-14,18H,5-8,10H2,1H3,(H,17,20). The van der Waals surface area contributed by atoms with Gasteiger partial charge in [-0.2, -0.15) is 0 Å². The zero-order valence-corrected chi connectivity index (χ0v) is 12.3. The zero-order valence-electron chi connectivity index (χ0n) is 12.3. The molecule has 1 aromatic carbocycles. The molecule has 2 amide bonds. The number of hydrogen-bond acceptors (Lipinski definition) is 3. The number of fused-ring (bicyclic) bond motifs is 2. The molecule has 1 aromatic rings. The number of rotatable bonds is 2. The van der Waals surface area contributed by atoms with E-state index in [1.165, 1.54) is 6.42 Å². The van der Waals surface area contributed by atoms with E-state index in [4.69, 9.17) is 0 Å². The van der Waals surface area contributed by atoms with Gasteiger partial charge in [0.05, 0.1) is 0 Å². The van der Waals surface area contributed by atoms with Crippen molar-refractivity contribution in [2.75, 3.05) is 20.1 Å². The van der Waals surface area contributed by atoms with Crippen LogP contribution in [-0.4, -0.2) is 48.9 Å². The first-order chi connectivity index (χ1) is 10.2. The van der Waals surface area contributed by atoms with E-state index in [9.17, 15) is 9.59 Å². The molecule has 0 aliphatic carbocycles. The van der Waals surface area contributed by atoms with Crippen molar-refractivity contribution in [1.29, 1.82) is 0 Å². The highest BCUT2D eigenvalue weighted by atomic mass is 16.2. The number of benzene rings is 1. The summed E-state index contributed by atoms with van der Waals surface area (Å²) in [7, 11) is 1.59. The number of nitrogens with one attached hydrogen (secondary N) is 2. The molecule has 2 atom stereocenters. The Labute approximate surface area is 124 Å². The Balaban J connectivity index is 1.77. The molecular formula is C16H21N3O2. The minimum atomic E-state index is -0.166. The second kappa shape index (κ2) is 5.85. The molecule has 0 aromatic heterocycles. The molecule has 2 unspecified atom stereocenters. The summed E-state index contributed by atoms with van der Waals surface area (Å²) in [6, 6.07) is 7.93. The van der Waals surface area contributed by atoms with E-state index in [-0.39, 0.29) is 11.8 Å². The van der Waals surface area contributed by atoms with Crippen LogP contribution in [0.2, 0.25) is 0 Å². The molecule has 2 aliphatic heterocycles. The van der Waals surface area contributed by atoms with Gasteiger partial charge in [0.1, 0.15) is 0 Å². The lowest BCUT2D eigenvalue weighted by atomic mass is 10.1. The fourth-order valence-electron chi connectivity index (χ4n) is 3.25. The molecule has 3 rings (SSSR count). The predicted molar refractivity (Wildman–Crippen MR) is 80.3 cm³/mol. The van der Waals surface area contributed by atoms with Crippen molar-refractivity contribution in [3.05, 3.63) is 35.4 Å². The quantitative estimate of drug-likeness (QED) is 0.853. The number of nitrogens with zero attached hydrogens (tertiary/aromatic N) is 1. The van der Waals surface area contributed by atoms with Crippen LogP contribution in [0, 0.1) is 0 Å². The molecule has 2 bridgehead atoms. The van der Waals surface area contributed by atoms with Crippen molar-refractivity contribution < 1.29 is 9.59 Å². The second-order valence-electron chi connectivity index (χ2n) is 5.84. The van der Waals surface area contributed by atoms with Crippen molar-refractivity contribution in [3.8, 4) is 0 Å². The van der Waals surface area contributed by atoms with Gasteiger partial charge < -0.3 is 15.5 Å². The van der Waals surface area contributed by atoms with Crippen LogP contribution >= 0.6 is 0 Å². The Hall–Kier alpha value is -1.88. The van der Waals surface area contributed by atoms with E-state index in [0.29, 0.717) is 23.2 Å². The fourth-order valence-corrected chi connectivity index (χ4v) is 3.25. The minimum absolute atomic E-state index is 0.0232. The summed E-state index contributed by atoms with van der Waals surface area (Å²) in [6.45, 7) is 1.55. The van der Waals surface area contributed by atoms with E-state index in [2.05, 4.69) is 10.6 Å². The lowest BCUT2D eigenvalue weighted by Crippen LogP contribution is -2.39. The van der Waals surface area contributed by atoms with E-state index in [1.807, 2.05) is 4.90 Å². The summed E-state index contributed by atoms with van der Waals surface area (Å²) in [5.41, 5.74) is 1.12. The molecule has 21 heavy (non-hydrogen) atoms. The smallest absolute Gasteiger partial charge is 0.253 e. The molecule has 2 aliphatic rings. The normalized spacial score (nSPS) is 24.5. The first kappa shape index (κ1) is 14.1. The third kappa shape index (κ3) is 2.93. The molecule has 0 saturated carbocycles. The van der Waals surface area contributed by atoms with Gasteiger partial charge in [-0.25, -0.2) is 0 Å². The molecule has 5 heteroatoms. The van der Waals surface area contributed by atoms with Crippen LogP contribution in [0.4, 0.5) is 0 Å². The Bertz CT molecular complexity index is 558. The van der Waals surface area contributed by atoms with E-state index < -0.39 is 0 Å². The topological polar surface area (TPSA) is 61.4 Å². The van der Waals surface area contributed by atoms with Gasteiger partial charge in [0.15, 0.2) is 0 Å². The summed E-state index contributed by atoms with van der Waals surface area (Å²) in [6.07, 6.45) is 3.38. The van der Waals surface area contributed by atoms with E-state index >= 15 is 0 Å². The Morgan fingerprint density at radius 3 is 2.76 bits per heavy atom. The van der Waals surface area contributed by atoms with Crippen molar-refractivity contribution in [2.45, 2.75) is 31.3 Å². The molecular weight excluding hydrogens is 266 g/mol. The number of carbonyl (C=O) groups excluding carboxylic acids is 2. The van der Waals surface area contributed by atoms with Gasteiger partial charge in [-0.3, -0.25) is 9.59 Å². The van der Waals surface area contributed by atoms with Crippen LogP contribution in [0.15, 0.2) is 24.3 Å². The Kier molecular flexibility index (Phi) is 3.92. The highest BCUT2D eigenvalue weighted by molar-refractivity contribution is 5.99. The zero-order chi connectivity index (χ0) is 14.8. The van der Waals surface area contributed by atoms with Crippen LogP contribution in [0.3, 0.4) is 0 Å². The maximum Gasteiger partial charge on any atom is 0.253 e. The number of amides is 2. The van der Waals surface area contributed by atoms with Gasteiger partial charge in [0.2, 0.25) is 0 Å². The Morgan fingerprint density at radius 2 is 1.95 bits per heavy atom. The summed E-state index contributed by atoms with van der Waals surface area (Å²) in [5.74, 6) is -0.142. The third-order valence-electron chi connectivity index (χ3n) is 4.41. The molecule has 2 fully saturated rings. The van der Waals surface area contributed by atoms with Gasteiger partial charge in [0, 0.05) is 43.3 Å². The van der Waals surface area contributed by atoms with E-state index in [1.54, 1.807) is 31.3 Å². The van der Waals surface area contributed by atoms with Crippen LogP contribution in [0.25, 0.3) is 0 Å². The summed E-state index contributed by atoms with van der Waals surface area (Å²) < 4.78 is 0. The number of hydrogen-bond donors (Lipinski definition) is 2. The predicted octanol–water partition coefficient (Wildman–Crippen LogP) is 1.01. The van der Waals surface area contributed by atoms with Crippen LogP contribution in [0.1, 0.15) is 40.0 Å². The molecule has 112 valence electrons. The van der Waals surface area contributed by atoms with Crippen LogP contribution in [-0.2, 0) is 0 Å². The Morgan fingerprint density at radius 1 is 1.19 bits per heavy atom. The summed E-state index contributed by atoms with van der Waals surface area (Å²) >= 11 is 0. The van der Waals surface area contributed by atoms with Crippen LogP contribution < -0.4 is 10.6 Å². The van der Waals surface area contributed by atoms with Crippen LogP contribution in [0.5, 0.6) is 0 Å². The molecule has 2 N–H and O–H groups in total. The van der Waals surface area contributed by atoms with Gasteiger partial charge >= 0.3 is 0 Å². The molecule has 0 spiro atoms. The summed E-state index contributed by atoms with van der Waals surface area (Å²) in [5, 5.41) is 6.15. The second-order valence-corrected chi connectivity index (χ2v) is 5.84. The van der Waals surface area contributed by atoms with Gasteiger partial charge in [-0.15, -0.1) is 0 Å². The average molecular weight is 287 g/mol. The first-order valence-electron chi connectivity index (χ1n) is 7.55. The van der Waals surface area contributed by atoms with Gasteiger partial charge in [-0.1, -0.05) is 6.07 Å². The van der Waals surface area contributed by atoms with Gasteiger partial charge in [-0.05, 0) is 37.5 Å². The first-order valence-corrected chi connectivity index (χ1v) is 7.55. The average Bonchev–Trinajstić information content (AvgIpc) is 2.85. The molecule has 2 heterocycles. The SMILES string of the molecule is CNC(=O)c1cccc(C(=O)N2CCC3CCC(C2)N3)c1. The molecule has 2 saturated heterocycles. The maximum atomic E-state index is 12.7. The van der Waals surface area contributed by atoms with Crippen molar-refractivity contribution in [2.24, 2.45) is 0 Å². The molecule has 5 nitrogen and oxygen atoms in total. The monoisotopic (exact) mass is 287 g/mol. The molecule has 0 radical (unpaired) electrons. The highest BCUT2D eigenvalue weighted by Crippen LogP contribution is 2.21. The fraction of sp³-hybridized carbons (Fsp3) is 0.500. The van der Waals surface area contributed by atoms with Crippen molar-refractivity contribution >= 4 is 11.8 Å². The third-order valence-corrected chi connectivity index (χ3v) is 4.41. The number of carbonyl (C=O) groups is 2. The maximum absolute atomic E-state index is 12.7.